The second kappa shape index (κ2) is 11.1. The van der Waals surface area contributed by atoms with Gasteiger partial charge >= 0.3 is 6.09 Å². The molecule has 12 heteroatoms. The number of carbonyl (C=O) groups excluding carboxylic acids is 1. The highest BCUT2D eigenvalue weighted by atomic mass is 35.5. The Kier molecular flexibility index (Phi) is 8.05. The van der Waals surface area contributed by atoms with Crippen LogP contribution < -0.4 is 10.2 Å². The lowest BCUT2D eigenvalue weighted by molar-refractivity contribution is 0.0602. The molecule has 0 saturated carbocycles. The maximum Gasteiger partial charge on any atom is 0.420 e. The first-order valence-corrected chi connectivity index (χ1v) is 13.2. The molecule has 1 N–H and O–H groups in total. The van der Waals surface area contributed by atoms with Crippen LogP contribution in [0, 0.1) is 5.82 Å². The van der Waals surface area contributed by atoms with Crippen molar-refractivity contribution >= 4 is 50.1 Å². The number of benzene rings is 2. The number of amidine groups is 1. The molecule has 198 valence electrons. The fourth-order valence-electron chi connectivity index (χ4n) is 4.14. The van der Waals surface area contributed by atoms with Crippen molar-refractivity contribution < 1.29 is 27.2 Å². The summed E-state index contributed by atoms with van der Waals surface area (Å²) < 4.78 is 44.2. The Labute approximate surface area is 221 Å². The minimum Gasteiger partial charge on any atom is -0.443 e. The van der Waals surface area contributed by atoms with Crippen molar-refractivity contribution in [3.63, 3.8) is 0 Å². The third-order valence-electron chi connectivity index (χ3n) is 5.74. The average molecular weight is 551 g/mol. The van der Waals surface area contributed by atoms with Crippen LogP contribution in [0.5, 0.6) is 0 Å². The molecule has 1 saturated heterocycles. The molecule has 2 heterocycles. The lowest BCUT2D eigenvalue weighted by Gasteiger charge is -2.27. The molecule has 2 aliphatic rings. The van der Waals surface area contributed by atoms with Gasteiger partial charge in [-0.3, -0.25) is 4.90 Å². The second-order valence-corrected chi connectivity index (χ2v) is 11.2. The van der Waals surface area contributed by atoms with Gasteiger partial charge in [0.2, 0.25) is 16.1 Å². The van der Waals surface area contributed by atoms with Gasteiger partial charge in [0, 0.05) is 31.7 Å². The number of nitrogens with one attached hydrogen (secondary N) is 1. The van der Waals surface area contributed by atoms with E-state index in [4.69, 9.17) is 21.2 Å². The lowest BCUT2D eigenvalue weighted by Crippen LogP contribution is -2.44. The second-order valence-electron chi connectivity index (χ2n) is 9.80. The number of amides is 1. The van der Waals surface area contributed by atoms with Gasteiger partial charge in [-0.2, -0.15) is 8.42 Å². The van der Waals surface area contributed by atoms with Crippen molar-refractivity contribution in [2.24, 2.45) is 5.16 Å². The van der Waals surface area contributed by atoms with Gasteiger partial charge in [0.15, 0.2) is 11.5 Å². The van der Waals surface area contributed by atoms with Crippen LogP contribution in [0.25, 0.3) is 0 Å². The summed E-state index contributed by atoms with van der Waals surface area (Å²) in [5.41, 5.74) is 0.323. The fourth-order valence-corrected chi connectivity index (χ4v) is 4.78. The molecule has 37 heavy (non-hydrogen) atoms. The van der Waals surface area contributed by atoms with E-state index in [2.05, 4.69) is 27.5 Å². The summed E-state index contributed by atoms with van der Waals surface area (Å²) >= 11 is 6.51. The topological polar surface area (TPSA) is 101 Å². The van der Waals surface area contributed by atoms with E-state index >= 15 is 4.39 Å². The first-order valence-electron chi connectivity index (χ1n) is 11.7. The Morgan fingerprint density at radius 3 is 2.70 bits per heavy atom. The van der Waals surface area contributed by atoms with E-state index in [0.717, 1.165) is 31.0 Å². The van der Waals surface area contributed by atoms with E-state index in [9.17, 15) is 13.2 Å². The third-order valence-corrected chi connectivity index (χ3v) is 6.76. The van der Waals surface area contributed by atoms with Crippen LogP contribution in [0.2, 0.25) is 5.02 Å². The summed E-state index contributed by atoms with van der Waals surface area (Å²) in [5, 5.41) is 7.10. The molecule has 2 aromatic carbocycles. The van der Waals surface area contributed by atoms with Crippen molar-refractivity contribution in [3.05, 3.63) is 58.9 Å². The van der Waals surface area contributed by atoms with E-state index in [1.165, 1.54) is 17.7 Å². The maximum absolute atomic E-state index is 15.5. The number of hydrogen-bond donors (Lipinski definition) is 1. The number of nitrogens with zero attached hydrogens (tertiary/aromatic N) is 3. The van der Waals surface area contributed by atoms with Gasteiger partial charge in [-0.15, -0.1) is 0 Å². The van der Waals surface area contributed by atoms with Gasteiger partial charge in [-0.05, 0) is 38.8 Å². The summed E-state index contributed by atoms with van der Waals surface area (Å²) in [7, 11) is -2.75. The van der Waals surface area contributed by atoms with E-state index in [0.29, 0.717) is 5.69 Å². The SMILES string of the molecule is CC(C)(C)OC(=O)N(C1=NOCC1=S(=O)=O)c1cc(Cl)c(N[C@H]2CCN(Cc3ccccc3)C2)cc1F. The van der Waals surface area contributed by atoms with Gasteiger partial charge < -0.3 is 14.9 Å². The standard InChI is InChI=1S/C25H28ClFN4O5S/c1-25(2,3)36-24(32)31(23-22(37(33)34)15-35-29-23)21-11-18(26)20(12-19(21)27)28-17-9-10-30(14-17)13-16-7-5-4-6-8-16/h4-8,11-12,17,28H,9-10,13-15H2,1-3H3/t17-/m0/s1. The highest BCUT2D eigenvalue weighted by Gasteiger charge is 2.36. The summed E-state index contributed by atoms with van der Waals surface area (Å²) in [6.07, 6.45) is -0.180. The molecule has 1 amide bonds. The van der Waals surface area contributed by atoms with Crippen LogP contribution in [0.1, 0.15) is 32.8 Å². The van der Waals surface area contributed by atoms with Crippen LogP contribution in [0.15, 0.2) is 47.6 Å². The van der Waals surface area contributed by atoms with Gasteiger partial charge in [-0.25, -0.2) is 14.1 Å². The van der Waals surface area contributed by atoms with E-state index < -0.39 is 27.8 Å². The summed E-state index contributed by atoms with van der Waals surface area (Å²) in [6.45, 7) is 6.95. The number of rotatable bonds is 5. The zero-order valence-corrected chi connectivity index (χ0v) is 22.3. The molecule has 0 aromatic heterocycles. The van der Waals surface area contributed by atoms with E-state index in [1.54, 1.807) is 20.8 Å². The van der Waals surface area contributed by atoms with E-state index in [-0.39, 0.29) is 34.1 Å². The molecule has 0 spiro atoms. The van der Waals surface area contributed by atoms with Gasteiger partial charge in [0.25, 0.3) is 0 Å². The minimum absolute atomic E-state index is 0.0452. The molecular weight excluding hydrogens is 523 g/mol. The number of halogens is 2. The van der Waals surface area contributed by atoms with Crippen LogP contribution in [0.3, 0.4) is 0 Å². The number of hydrogen-bond acceptors (Lipinski definition) is 8. The molecule has 4 rings (SSSR count). The Balaban J connectivity index is 1.57. The smallest absolute Gasteiger partial charge is 0.420 e. The Hall–Kier alpha value is -3.15. The molecule has 0 unspecified atom stereocenters. The van der Waals surface area contributed by atoms with Crippen LogP contribution in [0.4, 0.5) is 20.6 Å². The minimum atomic E-state index is -2.75. The predicted octanol–water partition coefficient (Wildman–Crippen LogP) is 4.30. The van der Waals surface area contributed by atoms with Crippen molar-refractivity contribution in [2.45, 2.75) is 45.4 Å². The number of likely N-dealkylation sites (tertiary alicyclic amines) is 1. The van der Waals surface area contributed by atoms with E-state index in [1.807, 2.05) is 18.2 Å². The molecule has 1 fully saturated rings. The summed E-state index contributed by atoms with van der Waals surface area (Å²) in [5.74, 6) is -1.20. The largest absolute Gasteiger partial charge is 0.443 e. The molecule has 0 bridgehead atoms. The highest BCUT2D eigenvalue weighted by Crippen LogP contribution is 2.34. The zero-order valence-electron chi connectivity index (χ0n) is 20.7. The van der Waals surface area contributed by atoms with Gasteiger partial charge in [0.05, 0.1) is 16.4 Å². The van der Waals surface area contributed by atoms with Gasteiger partial charge in [-0.1, -0.05) is 47.1 Å². The molecular formula is C25H28ClFN4O5S. The Morgan fingerprint density at radius 2 is 2.03 bits per heavy atom. The molecule has 2 aliphatic heterocycles. The fraction of sp³-hybridized carbons (Fsp3) is 0.400. The van der Waals surface area contributed by atoms with Crippen molar-refractivity contribution in [1.29, 1.82) is 0 Å². The third kappa shape index (κ3) is 6.60. The quantitative estimate of drug-likeness (QED) is 0.554. The van der Waals surface area contributed by atoms with Crippen molar-refractivity contribution in [1.82, 2.24) is 4.90 Å². The summed E-state index contributed by atoms with van der Waals surface area (Å²) in [6, 6.07) is 12.6. The molecule has 0 aliphatic carbocycles. The number of carbonyl (C=O) groups is 1. The van der Waals surface area contributed by atoms with Crippen LogP contribution >= 0.6 is 11.6 Å². The molecule has 9 nitrogen and oxygen atoms in total. The summed E-state index contributed by atoms with van der Waals surface area (Å²) in [4.78, 5) is 20.7. The van der Waals surface area contributed by atoms with Crippen LogP contribution in [-0.4, -0.2) is 61.5 Å². The molecule has 2 aromatic rings. The predicted molar refractivity (Wildman–Crippen MR) is 141 cm³/mol. The monoisotopic (exact) mass is 550 g/mol. The Bertz CT molecular complexity index is 1340. The number of ether oxygens (including phenoxy) is 1. The number of anilines is 2. The normalized spacial score (nSPS) is 17.8. The first kappa shape index (κ1) is 26.9. The first-order chi connectivity index (χ1) is 17.5. The van der Waals surface area contributed by atoms with Gasteiger partial charge in [0.1, 0.15) is 11.4 Å². The van der Waals surface area contributed by atoms with Crippen molar-refractivity contribution in [2.75, 3.05) is 29.9 Å². The van der Waals surface area contributed by atoms with Crippen molar-refractivity contribution in [3.8, 4) is 0 Å². The highest BCUT2D eigenvalue weighted by molar-refractivity contribution is 7.75. The lowest BCUT2D eigenvalue weighted by atomic mass is 10.2. The maximum atomic E-state index is 15.5. The molecule has 0 radical (unpaired) electrons. The average Bonchev–Trinajstić information content (AvgIpc) is 3.46. The molecule has 1 atom stereocenters. The Morgan fingerprint density at radius 1 is 1.30 bits per heavy atom. The van der Waals surface area contributed by atoms with Crippen LogP contribution in [-0.2, 0) is 26.4 Å². The zero-order chi connectivity index (χ0) is 26.7. The number of oxime groups is 1.